The molecule has 0 saturated carbocycles. The number of rotatable bonds is 1. The minimum Gasteiger partial charge on any atom is -0.310 e. The van der Waals surface area contributed by atoms with Gasteiger partial charge in [0, 0.05) is 11.1 Å². The number of benzene rings is 1. The second-order valence-electron chi connectivity index (χ2n) is 3.68. The summed E-state index contributed by atoms with van der Waals surface area (Å²) in [4.78, 5) is 0. The molecular formula is C11H14Cl2FN. The maximum Gasteiger partial charge on any atom is 0.103 e. The largest absolute Gasteiger partial charge is 0.310 e. The Labute approximate surface area is 100 Å². The van der Waals surface area contributed by atoms with Crippen molar-refractivity contribution in [2.24, 2.45) is 0 Å². The van der Waals surface area contributed by atoms with Crippen molar-refractivity contribution in [1.82, 2.24) is 5.32 Å². The molecule has 15 heavy (non-hydrogen) atoms. The maximum atomic E-state index is 13.1. The molecule has 0 spiro atoms. The van der Waals surface area contributed by atoms with Gasteiger partial charge in [0.15, 0.2) is 0 Å². The van der Waals surface area contributed by atoms with Crippen LogP contribution in [0.2, 0.25) is 5.02 Å². The first-order valence-electron chi connectivity index (χ1n) is 4.88. The average Bonchev–Trinajstić information content (AvgIpc) is 2.18. The van der Waals surface area contributed by atoms with E-state index in [1.165, 1.54) is 0 Å². The Hall–Kier alpha value is -0.310. The van der Waals surface area contributed by atoms with Crippen LogP contribution in [0.25, 0.3) is 0 Å². The van der Waals surface area contributed by atoms with E-state index >= 15 is 0 Å². The van der Waals surface area contributed by atoms with Crippen LogP contribution in [0.4, 0.5) is 4.39 Å². The molecule has 1 aromatic rings. The quantitative estimate of drug-likeness (QED) is 0.804. The minimum absolute atomic E-state index is 0. The Bertz CT molecular complexity index is 319. The number of piperidine rings is 1. The van der Waals surface area contributed by atoms with Crippen LogP contribution in [0.1, 0.15) is 24.4 Å². The molecule has 1 N–H and O–H groups in total. The fourth-order valence-corrected chi connectivity index (χ4v) is 2.05. The van der Waals surface area contributed by atoms with E-state index in [0.717, 1.165) is 12.1 Å². The van der Waals surface area contributed by atoms with Gasteiger partial charge in [-0.25, -0.2) is 4.39 Å². The first-order chi connectivity index (χ1) is 6.75. The van der Waals surface area contributed by atoms with E-state index < -0.39 is 6.17 Å². The normalized spacial score (nSPS) is 25.7. The molecule has 2 unspecified atom stereocenters. The lowest BCUT2D eigenvalue weighted by atomic mass is 9.96. The summed E-state index contributed by atoms with van der Waals surface area (Å²) in [5.74, 6) is 0. The molecule has 0 radical (unpaired) electrons. The summed E-state index contributed by atoms with van der Waals surface area (Å²) in [5.41, 5.74) is 1.08. The van der Waals surface area contributed by atoms with Crippen LogP contribution in [0.5, 0.6) is 0 Å². The molecule has 1 aliphatic heterocycles. The monoisotopic (exact) mass is 249 g/mol. The second-order valence-corrected chi connectivity index (χ2v) is 4.12. The fraction of sp³-hybridized carbons (Fsp3) is 0.455. The first kappa shape index (κ1) is 12.8. The number of alkyl halides is 1. The van der Waals surface area contributed by atoms with E-state index in [1.54, 1.807) is 0 Å². The van der Waals surface area contributed by atoms with E-state index in [4.69, 9.17) is 11.6 Å². The SMILES string of the molecule is Cl.FC1CCNC(c2cccc(Cl)c2)C1. The van der Waals surface area contributed by atoms with Crippen LogP contribution >= 0.6 is 24.0 Å². The summed E-state index contributed by atoms with van der Waals surface area (Å²) in [6, 6.07) is 7.75. The summed E-state index contributed by atoms with van der Waals surface area (Å²) in [5, 5.41) is 4.01. The van der Waals surface area contributed by atoms with Crippen LogP contribution in [0, 0.1) is 0 Å². The molecule has 1 aromatic carbocycles. The zero-order valence-electron chi connectivity index (χ0n) is 8.25. The lowest BCUT2D eigenvalue weighted by molar-refractivity contribution is 0.224. The fourth-order valence-electron chi connectivity index (χ4n) is 1.85. The molecule has 0 bridgehead atoms. The summed E-state index contributed by atoms with van der Waals surface area (Å²) in [6.07, 6.45) is 0.498. The van der Waals surface area contributed by atoms with Gasteiger partial charge in [-0.1, -0.05) is 23.7 Å². The molecule has 4 heteroatoms. The molecular weight excluding hydrogens is 236 g/mol. The van der Waals surface area contributed by atoms with Crippen molar-refractivity contribution in [1.29, 1.82) is 0 Å². The van der Waals surface area contributed by atoms with E-state index in [9.17, 15) is 4.39 Å². The Morgan fingerprint density at radius 1 is 1.40 bits per heavy atom. The average molecular weight is 250 g/mol. The molecule has 1 saturated heterocycles. The highest BCUT2D eigenvalue weighted by atomic mass is 35.5. The van der Waals surface area contributed by atoms with Crippen molar-refractivity contribution in [3.63, 3.8) is 0 Å². The van der Waals surface area contributed by atoms with Crippen LogP contribution in [0.3, 0.4) is 0 Å². The Balaban J connectivity index is 0.00000112. The molecule has 1 fully saturated rings. The topological polar surface area (TPSA) is 12.0 Å². The maximum absolute atomic E-state index is 13.1. The molecule has 2 rings (SSSR count). The molecule has 1 heterocycles. The van der Waals surface area contributed by atoms with Gasteiger partial charge in [-0.3, -0.25) is 0 Å². The van der Waals surface area contributed by atoms with Crippen molar-refractivity contribution < 1.29 is 4.39 Å². The van der Waals surface area contributed by atoms with E-state index in [0.29, 0.717) is 17.9 Å². The third kappa shape index (κ3) is 3.33. The first-order valence-corrected chi connectivity index (χ1v) is 5.26. The second kappa shape index (κ2) is 5.69. The highest BCUT2D eigenvalue weighted by molar-refractivity contribution is 6.30. The number of hydrogen-bond acceptors (Lipinski definition) is 1. The molecule has 1 aliphatic rings. The summed E-state index contributed by atoms with van der Waals surface area (Å²) < 4.78 is 13.1. The van der Waals surface area contributed by atoms with E-state index in [1.807, 2.05) is 24.3 Å². The molecule has 0 aliphatic carbocycles. The lowest BCUT2D eigenvalue weighted by Gasteiger charge is -2.26. The number of hydrogen-bond donors (Lipinski definition) is 1. The minimum atomic E-state index is -0.680. The van der Waals surface area contributed by atoms with Crippen molar-refractivity contribution in [2.45, 2.75) is 25.1 Å². The van der Waals surface area contributed by atoms with Gasteiger partial charge in [0.05, 0.1) is 0 Å². The molecule has 84 valence electrons. The van der Waals surface area contributed by atoms with Gasteiger partial charge in [0.25, 0.3) is 0 Å². The predicted molar refractivity (Wildman–Crippen MR) is 63.6 cm³/mol. The van der Waals surface area contributed by atoms with Crippen LogP contribution in [-0.2, 0) is 0 Å². The van der Waals surface area contributed by atoms with Crippen molar-refractivity contribution >= 4 is 24.0 Å². The van der Waals surface area contributed by atoms with Crippen molar-refractivity contribution in [3.05, 3.63) is 34.9 Å². The van der Waals surface area contributed by atoms with Gasteiger partial charge < -0.3 is 5.32 Å². The summed E-state index contributed by atoms with van der Waals surface area (Å²) >= 11 is 5.88. The summed E-state index contributed by atoms with van der Waals surface area (Å²) in [7, 11) is 0. The Morgan fingerprint density at radius 3 is 2.87 bits per heavy atom. The zero-order chi connectivity index (χ0) is 9.97. The van der Waals surface area contributed by atoms with Gasteiger partial charge in [-0.15, -0.1) is 12.4 Å². The van der Waals surface area contributed by atoms with E-state index in [2.05, 4.69) is 5.32 Å². The Kier molecular flexibility index (Phi) is 4.84. The molecule has 1 nitrogen and oxygen atoms in total. The third-order valence-corrected chi connectivity index (χ3v) is 2.83. The van der Waals surface area contributed by atoms with Crippen LogP contribution in [-0.4, -0.2) is 12.7 Å². The van der Waals surface area contributed by atoms with Gasteiger partial charge in [0.1, 0.15) is 6.17 Å². The van der Waals surface area contributed by atoms with Gasteiger partial charge >= 0.3 is 0 Å². The third-order valence-electron chi connectivity index (χ3n) is 2.59. The van der Waals surface area contributed by atoms with Crippen LogP contribution in [0.15, 0.2) is 24.3 Å². The van der Waals surface area contributed by atoms with Crippen molar-refractivity contribution in [3.8, 4) is 0 Å². The standard InChI is InChI=1S/C11H13ClFN.ClH/c12-9-3-1-2-8(6-9)11-7-10(13)4-5-14-11;/h1-3,6,10-11,14H,4-5,7H2;1H. The Morgan fingerprint density at radius 2 is 2.20 bits per heavy atom. The van der Waals surface area contributed by atoms with Gasteiger partial charge in [-0.05, 0) is 37.1 Å². The number of nitrogens with one attached hydrogen (secondary N) is 1. The number of halogens is 3. The zero-order valence-corrected chi connectivity index (χ0v) is 9.82. The highest BCUT2D eigenvalue weighted by Crippen LogP contribution is 2.26. The summed E-state index contributed by atoms with van der Waals surface area (Å²) in [6.45, 7) is 0.748. The predicted octanol–water partition coefficient (Wildman–Crippen LogP) is 3.52. The highest BCUT2D eigenvalue weighted by Gasteiger charge is 2.21. The molecule has 0 amide bonds. The van der Waals surface area contributed by atoms with Crippen LogP contribution < -0.4 is 5.32 Å². The smallest absolute Gasteiger partial charge is 0.103 e. The van der Waals surface area contributed by atoms with E-state index in [-0.39, 0.29) is 18.4 Å². The lowest BCUT2D eigenvalue weighted by Crippen LogP contribution is -2.32. The molecule has 2 atom stereocenters. The van der Waals surface area contributed by atoms with Gasteiger partial charge in [0.2, 0.25) is 0 Å². The molecule has 0 aromatic heterocycles. The van der Waals surface area contributed by atoms with Crippen molar-refractivity contribution in [2.75, 3.05) is 6.54 Å². The van der Waals surface area contributed by atoms with Gasteiger partial charge in [-0.2, -0.15) is 0 Å².